The summed E-state index contributed by atoms with van der Waals surface area (Å²) in [6.07, 6.45) is 0. The van der Waals surface area contributed by atoms with Crippen LogP contribution in [-0.2, 0) is 4.74 Å². The lowest BCUT2D eigenvalue weighted by atomic mass is 9.71. The Bertz CT molecular complexity index is 761. The molecule has 0 bridgehead atoms. The van der Waals surface area contributed by atoms with Crippen LogP contribution in [0.2, 0.25) is 0 Å². The van der Waals surface area contributed by atoms with Crippen molar-refractivity contribution in [3.63, 3.8) is 0 Å². The second-order valence-corrected chi connectivity index (χ2v) is 7.87. The summed E-state index contributed by atoms with van der Waals surface area (Å²) in [6, 6.07) is 11.8. The van der Waals surface area contributed by atoms with E-state index in [0.29, 0.717) is 5.75 Å². The molecule has 1 heterocycles. The molecule has 1 N–H and O–H groups in total. The average molecular weight is 296 g/mol. The van der Waals surface area contributed by atoms with E-state index in [9.17, 15) is 5.11 Å². The molecule has 22 heavy (non-hydrogen) atoms. The largest absolute Gasteiger partial charge is 0.508 e. The van der Waals surface area contributed by atoms with Crippen LogP contribution < -0.4 is 0 Å². The summed E-state index contributed by atoms with van der Waals surface area (Å²) in [5.41, 5.74) is 2.61. The second-order valence-electron chi connectivity index (χ2n) is 7.87. The second kappa shape index (κ2) is 4.77. The minimum Gasteiger partial charge on any atom is -0.508 e. The lowest BCUT2D eigenvalue weighted by Gasteiger charge is -2.30. The molecule has 0 unspecified atom stereocenters. The van der Waals surface area contributed by atoms with Crippen LogP contribution in [0.15, 0.2) is 42.0 Å². The highest BCUT2D eigenvalue weighted by atomic mass is 16.5. The smallest absolute Gasteiger partial charge is 0.126 e. The Labute approximate surface area is 132 Å². The van der Waals surface area contributed by atoms with Crippen LogP contribution in [0.25, 0.3) is 16.5 Å². The van der Waals surface area contributed by atoms with Gasteiger partial charge in [0.2, 0.25) is 0 Å². The Hall–Kier alpha value is -1.96. The van der Waals surface area contributed by atoms with Crippen LogP contribution in [-0.4, -0.2) is 11.7 Å². The molecule has 2 aromatic carbocycles. The first kappa shape index (κ1) is 15.0. The van der Waals surface area contributed by atoms with Gasteiger partial charge in [-0.15, -0.1) is 0 Å². The van der Waals surface area contributed by atoms with Crippen molar-refractivity contribution >= 4 is 16.5 Å². The van der Waals surface area contributed by atoms with Crippen molar-refractivity contribution in [2.45, 2.75) is 34.6 Å². The highest BCUT2D eigenvalue weighted by molar-refractivity contribution is 5.87. The number of ether oxygens (including phenoxy) is 1. The molecule has 0 saturated carbocycles. The molecule has 0 radical (unpaired) electrons. The molecule has 0 aromatic heterocycles. The molecule has 0 aliphatic carbocycles. The third-order valence-corrected chi connectivity index (χ3v) is 4.32. The van der Waals surface area contributed by atoms with E-state index < -0.39 is 0 Å². The Balaban J connectivity index is 2.19. The van der Waals surface area contributed by atoms with Crippen molar-refractivity contribution in [3.05, 3.63) is 47.5 Å². The van der Waals surface area contributed by atoms with E-state index >= 15 is 0 Å². The topological polar surface area (TPSA) is 29.5 Å². The number of phenolic OH excluding ortho intramolecular Hbond substituents is 1. The third-order valence-electron chi connectivity index (χ3n) is 4.32. The van der Waals surface area contributed by atoms with Gasteiger partial charge in [0.25, 0.3) is 0 Å². The summed E-state index contributed by atoms with van der Waals surface area (Å²) < 4.78 is 6.10. The highest BCUT2D eigenvalue weighted by Gasteiger charge is 2.41. The number of hydrogen-bond donors (Lipinski definition) is 1. The predicted molar refractivity (Wildman–Crippen MR) is 91.7 cm³/mol. The molecular formula is C20H24O2. The summed E-state index contributed by atoms with van der Waals surface area (Å²) in [5, 5.41) is 11.8. The number of rotatable bonds is 1. The normalized spacial score (nSPS) is 17.9. The Morgan fingerprint density at radius 2 is 1.64 bits per heavy atom. The number of fused-ring (bicyclic) bond motifs is 1. The van der Waals surface area contributed by atoms with Crippen molar-refractivity contribution in [2.75, 3.05) is 6.61 Å². The van der Waals surface area contributed by atoms with Crippen LogP contribution >= 0.6 is 0 Å². The molecule has 2 nitrogen and oxygen atoms in total. The SMILES string of the molecule is CC(C)(C)C1=C(c2ccc3cc(O)ccc3c2)OCC1(C)C. The predicted octanol–water partition coefficient (Wildman–Crippen LogP) is 5.36. The zero-order valence-corrected chi connectivity index (χ0v) is 14.0. The van der Waals surface area contributed by atoms with E-state index in [0.717, 1.165) is 28.7 Å². The van der Waals surface area contributed by atoms with E-state index in [1.165, 1.54) is 5.57 Å². The maximum Gasteiger partial charge on any atom is 0.126 e. The first-order chi connectivity index (χ1) is 10.2. The third kappa shape index (κ3) is 2.47. The Morgan fingerprint density at radius 1 is 1.00 bits per heavy atom. The van der Waals surface area contributed by atoms with Crippen molar-refractivity contribution in [3.8, 4) is 5.75 Å². The minimum atomic E-state index is 0.0531. The van der Waals surface area contributed by atoms with E-state index in [1.54, 1.807) is 12.1 Å². The molecule has 3 rings (SSSR count). The summed E-state index contributed by atoms with van der Waals surface area (Å²) in [4.78, 5) is 0. The molecule has 0 spiro atoms. The zero-order chi connectivity index (χ0) is 16.1. The number of benzene rings is 2. The van der Waals surface area contributed by atoms with Gasteiger partial charge in [0.1, 0.15) is 11.5 Å². The average Bonchev–Trinajstić information content (AvgIpc) is 2.73. The molecule has 0 fully saturated rings. The summed E-state index contributed by atoms with van der Waals surface area (Å²) in [5.74, 6) is 1.32. The van der Waals surface area contributed by atoms with E-state index in [2.05, 4.69) is 46.8 Å². The molecule has 2 aromatic rings. The van der Waals surface area contributed by atoms with Gasteiger partial charge < -0.3 is 9.84 Å². The monoisotopic (exact) mass is 296 g/mol. The summed E-state index contributed by atoms with van der Waals surface area (Å²) >= 11 is 0. The summed E-state index contributed by atoms with van der Waals surface area (Å²) in [7, 11) is 0. The molecule has 0 atom stereocenters. The van der Waals surface area contributed by atoms with Crippen LogP contribution in [0.1, 0.15) is 40.2 Å². The van der Waals surface area contributed by atoms with E-state index in [-0.39, 0.29) is 10.8 Å². The fraction of sp³-hybridized carbons (Fsp3) is 0.400. The number of phenols is 1. The van der Waals surface area contributed by atoms with Crippen molar-refractivity contribution < 1.29 is 9.84 Å². The van der Waals surface area contributed by atoms with Gasteiger partial charge in [-0.3, -0.25) is 0 Å². The fourth-order valence-corrected chi connectivity index (χ4v) is 3.66. The van der Waals surface area contributed by atoms with Gasteiger partial charge in [-0.05, 0) is 40.0 Å². The summed E-state index contributed by atoms with van der Waals surface area (Å²) in [6.45, 7) is 12.0. The van der Waals surface area contributed by atoms with Crippen molar-refractivity contribution in [1.82, 2.24) is 0 Å². The first-order valence-electron chi connectivity index (χ1n) is 7.80. The fourth-order valence-electron chi connectivity index (χ4n) is 3.66. The Morgan fingerprint density at radius 3 is 2.32 bits per heavy atom. The lowest BCUT2D eigenvalue weighted by molar-refractivity contribution is 0.213. The minimum absolute atomic E-state index is 0.0531. The van der Waals surface area contributed by atoms with Crippen molar-refractivity contribution in [1.29, 1.82) is 0 Å². The number of hydrogen-bond acceptors (Lipinski definition) is 2. The van der Waals surface area contributed by atoms with Crippen molar-refractivity contribution in [2.24, 2.45) is 10.8 Å². The molecule has 0 amide bonds. The maximum atomic E-state index is 9.59. The quantitative estimate of drug-likeness (QED) is 0.767. The van der Waals surface area contributed by atoms with E-state index in [1.807, 2.05) is 12.1 Å². The van der Waals surface area contributed by atoms with Gasteiger partial charge in [0.15, 0.2) is 0 Å². The molecule has 0 saturated heterocycles. The molecule has 116 valence electrons. The molecule has 2 heteroatoms. The standard InChI is InChI=1S/C20H24O2/c1-19(2,3)18-17(22-12-20(18,4)5)15-7-6-14-11-16(21)9-8-13(14)10-15/h6-11,21H,12H2,1-5H3. The lowest BCUT2D eigenvalue weighted by Crippen LogP contribution is -2.24. The van der Waals surface area contributed by atoms with Gasteiger partial charge in [0.05, 0.1) is 6.61 Å². The van der Waals surface area contributed by atoms with Crippen LogP contribution in [0.3, 0.4) is 0 Å². The van der Waals surface area contributed by atoms with Gasteiger partial charge >= 0.3 is 0 Å². The van der Waals surface area contributed by atoms with Crippen LogP contribution in [0.4, 0.5) is 0 Å². The van der Waals surface area contributed by atoms with Gasteiger partial charge in [-0.1, -0.05) is 52.8 Å². The molecule has 1 aliphatic rings. The van der Waals surface area contributed by atoms with Crippen LogP contribution in [0.5, 0.6) is 5.75 Å². The van der Waals surface area contributed by atoms with Gasteiger partial charge in [-0.25, -0.2) is 0 Å². The number of aromatic hydroxyl groups is 1. The van der Waals surface area contributed by atoms with Crippen LogP contribution in [0, 0.1) is 10.8 Å². The van der Waals surface area contributed by atoms with Gasteiger partial charge in [-0.2, -0.15) is 0 Å². The molecule has 1 aliphatic heterocycles. The molecular weight excluding hydrogens is 272 g/mol. The Kier molecular flexibility index (Phi) is 3.24. The maximum absolute atomic E-state index is 9.59. The first-order valence-corrected chi connectivity index (χ1v) is 7.80. The zero-order valence-electron chi connectivity index (χ0n) is 14.0. The van der Waals surface area contributed by atoms with E-state index in [4.69, 9.17) is 4.74 Å². The highest BCUT2D eigenvalue weighted by Crippen LogP contribution is 2.49. The van der Waals surface area contributed by atoms with Gasteiger partial charge in [0, 0.05) is 11.0 Å².